The molecule has 5 nitrogen and oxygen atoms in total. The monoisotopic (exact) mass is 240 g/mol. The van der Waals surface area contributed by atoms with Crippen LogP contribution in [0.2, 0.25) is 0 Å². The molecule has 2 fully saturated rings. The molecule has 2 aliphatic carbocycles. The van der Waals surface area contributed by atoms with Gasteiger partial charge in [-0.05, 0) is 44.9 Å². The molecule has 17 heavy (non-hydrogen) atoms. The third kappa shape index (κ3) is 2.60. The zero-order valence-electron chi connectivity index (χ0n) is 9.95. The van der Waals surface area contributed by atoms with Crippen molar-refractivity contribution in [3.05, 3.63) is 0 Å². The van der Waals surface area contributed by atoms with Crippen molar-refractivity contribution in [3.8, 4) is 0 Å². The molecule has 1 amide bonds. The van der Waals surface area contributed by atoms with E-state index in [-0.39, 0.29) is 11.8 Å². The molecule has 5 heteroatoms. The van der Waals surface area contributed by atoms with Crippen LogP contribution in [-0.4, -0.2) is 28.6 Å². The van der Waals surface area contributed by atoms with E-state index in [1.807, 2.05) is 0 Å². The van der Waals surface area contributed by atoms with E-state index in [4.69, 9.17) is 10.8 Å². The van der Waals surface area contributed by atoms with Crippen molar-refractivity contribution in [1.29, 1.82) is 0 Å². The molecule has 0 radical (unpaired) electrons. The van der Waals surface area contributed by atoms with Gasteiger partial charge in [0.25, 0.3) is 0 Å². The van der Waals surface area contributed by atoms with Crippen LogP contribution >= 0.6 is 0 Å². The van der Waals surface area contributed by atoms with Gasteiger partial charge >= 0.3 is 5.97 Å². The van der Waals surface area contributed by atoms with Crippen LogP contribution < -0.4 is 11.1 Å². The van der Waals surface area contributed by atoms with Gasteiger partial charge in [-0.1, -0.05) is 0 Å². The number of amides is 1. The predicted molar refractivity (Wildman–Crippen MR) is 62.3 cm³/mol. The molecule has 2 aliphatic rings. The van der Waals surface area contributed by atoms with Crippen molar-refractivity contribution in [1.82, 2.24) is 5.32 Å². The quantitative estimate of drug-likeness (QED) is 0.674. The maximum Gasteiger partial charge on any atom is 0.323 e. The van der Waals surface area contributed by atoms with E-state index in [0.717, 1.165) is 12.8 Å². The van der Waals surface area contributed by atoms with E-state index in [1.165, 1.54) is 6.42 Å². The fourth-order valence-electron chi connectivity index (χ4n) is 2.48. The Balaban J connectivity index is 1.81. The summed E-state index contributed by atoms with van der Waals surface area (Å²) < 4.78 is 0. The summed E-state index contributed by atoms with van der Waals surface area (Å²) in [7, 11) is 0. The first-order chi connectivity index (χ1) is 8.01. The minimum absolute atomic E-state index is 0.0494. The topological polar surface area (TPSA) is 92.4 Å². The van der Waals surface area contributed by atoms with Gasteiger partial charge in [0.15, 0.2) is 0 Å². The summed E-state index contributed by atoms with van der Waals surface area (Å²) in [5.41, 5.74) is 4.65. The summed E-state index contributed by atoms with van der Waals surface area (Å²) in [5, 5.41) is 12.0. The largest absolute Gasteiger partial charge is 0.480 e. The number of hydrogen-bond donors (Lipinski definition) is 3. The molecule has 0 spiro atoms. The fraction of sp³-hybridized carbons (Fsp3) is 0.833. The Labute approximate surface area is 101 Å². The molecule has 0 atom stereocenters. The van der Waals surface area contributed by atoms with Crippen LogP contribution in [0.15, 0.2) is 0 Å². The second kappa shape index (κ2) is 4.64. The van der Waals surface area contributed by atoms with E-state index in [1.54, 1.807) is 0 Å². The van der Waals surface area contributed by atoms with Gasteiger partial charge in [-0.25, -0.2) is 0 Å². The van der Waals surface area contributed by atoms with Crippen molar-refractivity contribution >= 4 is 11.9 Å². The number of nitrogens with one attached hydrogen (secondary N) is 1. The van der Waals surface area contributed by atoms with E-state index in [2.05, 4.69) is 5.32 Å². The molecule has 0 aromatic carbocycles. The first-order valence-electron chi connectivity index (χ1n) is 6.34. The van der Waals surface area contributed by atoms with Crippen LogP contribution in [0.25, 0.3) is 0 Å². The SMILES string of the molecule is NC1(C(=O)O)CCC(C(=O)NC2CCC2)CC1. The van der Waals surface area contributed by atoms with Crippen LogP contribution in [0.1, 0.15) is 44.9 Å². The van der Waals surface area contributed by atoms with Crippen LogP contribution in [0, 0.1) is 5.92 Å². The summed E-state index contributed by atoms with van der Waals surface area (Å²) in [6, 6.07) is 0.353. The van der Waals surface area contributed by atoms with E-state index in [9.17, 15) is 9.59 Å². The second-order valence-electron chi connectivity index (χ2n) is 5.37. The lowest BCUT2D eigenvalue weighted by Gasteiger charge is -2.34. The number of rotatable bonds is 3. The zero-order chi connectivity index (χ0) is 12.5. The molecule has 0 aliphatic heterocycles. The van der Waals surface area contributed by atoms with Crippen molar-refractivity contribution in [2.45, 2.75) is 56.5 Å². The molecular weight excluding hydrogens is 220 g/mol. The number of aliphatic carboxylic acids is 1. The fourth-order valence-corrected chi connectivity index (χ4v) is 2.48. The third-order valence-electron chi connectivity index (χ3n) is 4.13. The smallest absolute Gasteiger partial charge is 0.323 e. The Bertz CT molecular complexity index is 318. The Kier molecular flexibility index (Phi) is 3.38. The van der Waals surface area contributed by atoms with Gasteiger partial charge in [-0.15, -0.1) is 0 Å². The van der Waals surface area contributed by atoms with Crippen molar-refractivity contribution in [2.75, 3.05) is 0 Å². The summed E-state index contributed by atoms with van der Waals surface area (Å²) in [5.74, 6) is -0.913. The highest BCUT2D eigenvalue weighted by molar-refractivity contribution is 5.81. The lowest BCUT2D eigenvalue weighted by Crippen LogP contribution is -2.52. The maximum atomic E-state index is 11.9. The average molecular weight is 240 g/mol. The van der Waals surface area contributed by atoms with Gasteiger partial charge in [0, 0.05) is 12.0 Å². The molecule has 2 saturated carbocycles. The van der Waals surface area contributed by atoms with Crippen molar-refractivity contribution in [2.24, 2.45) is 11.7 Å². The summed E-state index contributed by atoms with van der Waals surface area (Å²) in [4.78, 5) is 22.8. The molecule has 0 unspecified atom stereocenters. The number of carbonyl (C=O) groups excluding carboxylic acids is 1. The molecule has 0 saturated heterocycles. The van der Waals surface area contributed by atoms with Crippen LogP contribution in [-0.2, 0) is 9.59 Å². The Morgan fingerprint density at radius 2 is 1.76 bits per heavy atom. The second-order valence-corrected chi connectivity index (χ2v) is 5.37. The van der Waals surface area contributed by atoms with Gasteiger partial charge in [-0.3, -0.25) is 9.59 Å². The lowest BCUT2D eigenvalue weighted by atomic mass is 9.76. The maximum absolute atomic E-state index is 11.9. The standard InChI is InChI=1S/C12H20N2O3/c13-12(11(16)17)6-4-8(5-7-12)10(15)14-9-2-1-3-9/h8-9H,1-7,13H2,(H,14,15)(H,16,17). The normalized spacial score (nSPS) is 33.8. The number of carboxylic acid groups (broad SMARTS) is 1. The van der Waals surface area contributed by atoms with E-state index < -0.39 is 11.5 Å². The highest BCUT2D eigenvalue weighted by Gasteiger charge is 2.40. The number of nitrogens with two attached hydrogens (primary N) is 1. The third-order valence-corrected chi connectivity index (χ3v) is 4.13. The Hall–Kier alpha value is -1.10. The van der Waals surface area contributed by atoms with Gasteiger partial charge in [-0.2, -0.15) is 0 Å². The molecule has 0 aromatic heterocycles. The molecule has 0 aromatic rings. The number of carbonyl (C=O) groups is 2. The molecule has 0 heterocycles. The minimum Gasteiger partial charge on any atom is -0.480 e. The summed E-state index contributed by atoms with van der Waals surface area (Å²) >= 11 is 0. The van der Waals surface area contributed by atoms with E-state index in [0.29, 0.717) is 31.7 Å². The molecular formula is C12H20N2O3. The van der Waals surface area contributed by atoms with Crippen molar-refractivity contribution < 1.29 is 14.7 Å². The minimum atomic E-state index is -1.12. The average Bonchev–Trinajstić information content (AvgIpc) is 2.24. The van der Waals surface area contributed by atoms with Gasteiger partial charge in [0.2, 0.25) is 5.91 Å². The van der Waals surface area contributed by atoms with Crippen LogP contribution in [0.3, 0.4) is 0 Å². The van der Waals surface area contributed by atoms with Gasteiger partial charge < -0.3 is 16.2 Å². The van der Waals surface area contributed by atoms with Crippen molar-refractivity contribution in [3.63, 3.8) is 0 Å². The summed E-state index contributed by atoms with van der Waals surface area (Å²) in [6.07, 6.45) is 5.31. The Morgan fingerprint density at radius 3 is 2.18 bits per heavy atom. The Morgan fingerprint density at radius 1 is 1.18 bits per heavy atom. The van der Waals surface area contributed by atoms with Crippen LogP contribution in [0.5, 0.6) is 0 Å². The highest BCUT2D eigenvalue weighted by Crippen LogP contribution is 2.31. The van der Waals surface area contributed by atoms with Crippen LogP contribution in [0.4, 0.5) is 0 Å². The summed E-state index contributed by atoms with van der Waals surface area (Å²) in [6.45, 7) is 0. The first-order valence-corrected chi connectivity index (χ1v) is 6.34. The highest BCUT2D eigenvalue weighted by atomic mass is 16.4. The predicted octanol–water partition coefficient (Wildman–Crippen LogP) is 0.627. The van der Waals surface area contributed by atoms with E-state index >= 15 is 0 Å². The number of hydrogen-bond acceptors (Lipinski definition) is 3. The molecule has 96 valence electrons. The molecule has 0 bridgehead atoms. The first kappa shape index (κ1) is 12.4. The lowest BCUT2D eigenvalue weighted by molar-refractivity contribution is -0.146. The molecule has 2 rings (SSSR count). The van der Waals surface area contributed by atoms with Gasteiger partial charge in [0.1, 0.15) is 5.54 Å². The zero-order valence-corrected chi connectivity index (χ0v) is 9.95. The number of carboxylic acids is 1. The molecule has 4 N–H and O–H groups in total. The van der Waals surface area contributed by atoms with Gasteiger partial charge in [0.05, 0.1) is 0 Å².